The van der Waals surface area contributed by atoms with E-state index in [0.717, 1.165) is 0 Å². The van der Waals surface area contributed by atoms with Gasteiger partial charge in [0.2, 0.25) is 5.91 Å². The van der Waals surface area contributed by atoms with E-state index in [2.05, 4.69) is 10.6 Å². The second-order valence-electron chi connectivity index (χ2n) is 5.59. The predicted octanol–water partition coefficient (Wildman–Crippen LogP) is 2.85. The van der Waals surface area contributed by atoms with Crippen molar-refractivity contribution in [2.75, 3.05) is 19.0 Å². The quantitative estimate of drug-likeness (QED) is 0.811. The summed E-state index contributed by atoms with van der Waals surface area (Å²) in [5, 5.41) is 5.32. The summed E-state index contributed by atoms with van der Waals surface area (Å²) in [6.45, 7) is 3.66. The molecule has 0 bridgehead atoms. The number of amides is 2. The molecule has 0 unspecified atom stereocenters. The number of hydrogen-bond donors (Lipinski definition) is 2. The molecule has 0 aliphatic carbocycles. The van der Waals surface area contributed by atoms with Crippen LogP contribution in [0.5, 0.6) is 11.5 Å². The highest BCUT2D eigenvalue weighted by Crippen LogP contribution is 2.24. The first kappa shape index (κ1) is 18.3. The Morgan fingerprint density at radius 2 is 1.64 bits per heavy atom. The van der Waals surface area contributed by atoms with E-state index in [1.807, 2.05) is 19.9 Å². The summed E-state index contributed by atoms with van der Waals surface area (Å²) in [6.07, 6.45) is -0.0108. The predicted molar refractivity (Wildman–Crippen MR) is 96.2 cm³/mol. The molecule has 0 fully saturated rings. The lowest BCUT2D eigenvalue weighted by Gasteiger charge is -2.15. The van der Waals surface area contributed by atoms with Crippen molar-refractivity contribution in [3.63, 3.8) is 0 Å². The molecule has 0 spiro atoms. The average Bonchev–Trinajstić information content (AvgIpc) is 2.61. The van der Waals surface area contributed by atoms with E-state index in [-0.39, 0.29) is 24.5 Å². The molecule has 0 atom stereocenters. The van der Waals surface area contributed by atoms with Crippen molar-refractivity contribution >= 4 is 17.5 Å². The summed E-state index contributed by atoms with van der Waals surface area (Å²) >= 11 is 0. The number of carbonyl (C=O) groups excluding carboxylic acids is 2. The summed E-state index contributed by atoms with van der Waals surface area (Å²) in [4.78, 5) is 24.3. The lowest BCUT2D eigenvalue weighted by molar-refractivity contribution is -0.115. The summed E-state index contributed by atoms with van der Waals surface area (Å²) in [7, 11) is 1.49. The van der Waals surface area contributed by atoms with Crippen LogP contribution < -0.4 is 20.1 Å². The first-order valence-corrected chi connectivity index (χ1v) is 7.98. The van der Waals surface area contributed by atoms with Gasteiger partial charge in [-0.1, -0.05) is 24.3 Å². The second-order valence-corrected chi connectivity index (χ2v) is 5.59. The molecule has 25 heavy (non-hydrogen) atoms. The molecule has 0 aromatic heterocycles. The fourth-order valence-electron chi connectivity index (χ4n) is 2.21. The number of hydrogen-bond acceptors (Lipinski definition) is 4. The van der Waals surface area contributed by atoms with Crippen molar-refractivity contribution in [2.45, 2.75) is 20.0 Å². The maximum Gasteiger partial charge on any atom is 0.255 e. The van der Waals surface area contributed by atoms with Crippen LogP contribution in [-0.4, -0.2) is 31.6 Å². The van der Waals surface area contributed by atoms with Crippen LogP contribution in [0.3, 0.4) is 0 Å². The molecule has 0 saturated carbocycles. The zero-order chi connectivity index (χ0) is 18.2. The Bertz CT molecular complexity index is 744. The number of nitrogens with one attached hydrogen (secondary N) is 2. The largest absolute Gasteiger partial charge is 0.496 e. The molecule has 6 heteroatoms. The van der Waals surface area contributed by atoms with Crippen LogP contribution in [0.2, 0.25) is 0 Å². The van der Waals surface area contributed by atoms with Gasteiger partial charge in [0.05, 0.1) is 31.0 Å². The van der Waals surface area contributed by atoms with Crippen LogP contribution in [-0.2, 0) is 4.79 Å². The van der Waals surface area contributed by atoms with Gasteiger partial charge in [-0.25, -0.2) is 0 Å². The third kappa shape index (κ3) is 5.24. The number of rotatable bonds is 7. The van der Waals surface area contributed by atoms with Crippen molar-refractivity contribution in [1.82, 2.24) is 5.32 Å². The minimum absolute atomic E-state index is 0.0108. The smallest absolute Gasteiger partial charge is 0.255 e. The first-order chi connectivity index (χ1) is 12.0. The van der Waals surface area contributed by atoms with E-state index >= 15 is 0 Å². The third-order valence-corrected chi connectivity index (χ3v) is 3.28. The molecule has 0 aliphatic heterocycles. The van der Waals surface area contributed by atoms with Crippen LogP contribution in [0.1, 0.15) is 24.2 Å². The van der Waals surface area contributed by atoms with Gasteiger partial charge < -0.3 is 20.1 Å². The van der Waals surface area contributed by atoms with Gasteiger partial charge in [0.1, 0.15) is 11.5 Å². The first-order valence-electron chi connectivity index (χ1n) is 7.98. The number of methoxy groups -OCH3 is 1. The summed E-state index contributed by atoms with van der Waals surface area (Å²) in [5.41, 5.74) is 0.939. The fourth-order valence-corrected chi connectivity index (χ4v) is 2.21. The highest BCUT2D eigenvalue weighted by molar-refractivity contribution is 6.01. The van der Waals surface area contributed by atoms with Gasteiger partial charge in [-0.15, -0.1) is 0 Å². The summed E-state index contributed by atoms with van der Waals surface area (Å²) in [6, 6.07) is 14.0. The van der Waals surface area contributed by atoms with E-state index in [9.17, 15) is 9.59 Å². The Kier molecular flexibility index (Phi) is 6.39. The minimum atomic E-state index is -0.376. The van der Waals surface area contributed by atoms with Crippen molar-refractivity contribution < 1.29 is 19.1 Å². The monoisotopic (exact) mass is 342 g/mol. The number of carbonyl (C=O) groups is 2. The molecule has 132 valence electrons. The zero-order valence-electron chi connectivity index (χ0n) is 14.5. The molecule has 0 saturated heterocycles. The molecule has 0 aliphatic rings. The number of benzene rings is 2. The van der Waals surface area contributed by atoms with Crippen LogP contribution in [0, 0.1) is 0 Å². The molecule has 2 amide bonds. The molecule has 2 aromatic rings. The van der Waals surface area contributed by atoms with Crippen molar-refractivity contribution in [2.24, 2.45) is 0 Å². The Morgan fingerprint density at radius 3 is 2.32 bits per heavy atom. The van der Waals surface area contributed by atoms with Gasteiger partial charge in [-0.05, 0) is 38.1 Å². The molecule has 0 heterocycles. The van der Waals surface area contributed by atoms with Crippen LogP contribution >= 0.6 is 0 Å². The van der Waals surface area contributed by atoms with E-state index < -0.39 is 0 Å². The molecule has 0 radical (unpaired) electrons. The van der Waals surface area contributed by atoms with Gasteiger partial charge in [0.15, 0.2) is 0 Å². The molecular formula is C19H22N2O4. The Hall–Kier alpha value is -3.02. The summed E-state index contributed by atoms with van der Waals surface area (Å²) in [5.74, 6) is 0.320. The van der Waals surface area contributed by atoms with Gasteiger partial charge in [-0.2, -0.15) is 0 Å². The average molecular weight is 342 g/mol. The molecule has 2 rings (SSSR count). The topological polar surface area (TPSA) is 76.7 Å². The Balaban J connectivity index is 1.96. The zero-order valence-corrected chi connectivity index (χ0v) is 14.5. The third-order valence-electron chi connectivity index (χ3n) is 3.28. The lowest BCUT2D eigenvalue weighted by Crippen LogP contribution is -2.33. The maximum atomic E-state index is 12.2. The van der Waals surface area contributed by atoms with E-state index in [1.165, 1.54) is 7.11 Å². The van der Waals surface area contributed by atoms with Crippen LogP contribution in [0.4, 0.5) is 5.69 Å². The fraction of sp³-hybridized carbons (Fsp3) is 0.263. The highest BCUT2D eigenvalue weighted by Gasteiger charge is 2.13. The van der Waals surface area contributed by atoms with Crippen LogP contribution in [0.25, 0.3) is 0 Å². The molecule has 2 aromatic carbocycles. The number of para-hydroxylation sites is 3. The molecular weight excluding hydrogens is 320 g/mol. The summed E-state index contributed by atoms with van der Waals surface area (Å²) < 4.78 is 10.8. The Morgan fingerprint density at radius 1 is 1.00 bits per heavy atom. The van der Waals surface area contributed by atoms with Crippen molar-refractivity contribution in [3.8, 4) is 11.5 Å². The van der Waals surface area contributed by atoms with E-state index in [0.29, 0.717) is 22.7 Å². The van der Waals surface area contributed by atoms with Gasteiger partial charge in [-0.3, -0.25) is 9.59 Å². The number of ether oxygens (including phenoxy) is 2. The van der Waals surface area contributed by atoms with Crippen molar-refractivity contribution in [1.29, 1.82) is 0 Å². The van der Waals surface area contributed by atoms with Crippen molar-refractivity contribution in [3.05, 3.63) is 54.1 Å². The van der Waals surface area contributed by atoms with Gasteiger partial charge in [0, 0.05) is 0 Å². The normalized spacial score (nSPS) is 10.2. The SMILES string of the molecule is COc1ccccc1C(=O)NCC(=O)Nc1ccccc1OC(C)C. The highest BCUT2D eigenvalue weighted by atomic mass is 16.5. The Labute approximate surface area is 147 Å². The van der Waals surface area contributed by atoms with E-state index in [1.54, 1.807) is 42.5 Å². The van der Waals surface area contributed by atoms with Crippen LogP contribution in [0.15, 0.2) is 48.5 Å². The standard InChI is InChI=1S/C19H22N2O4/c1-13(2)25-17-11-7-5-9-15(17)21-18(22)12-20-19(23)14-8-4-6-10-16(14)24-3/h4-11,13H,12H2,1-3H3,(H,20,23)(H,21,22). The van der Waals surface area contributed by atoms with E-state index in [4.69, 9.17) is 9.47 Å². The molecule has 2 N–H and O–H groups in total. The minimum Gasteiger partial charge on any atom is -0.496 e. The van der Waals surface area contributed by atoms with Gasteiger partial charge >= 0.3 is 0 Å². The molecule has 6 nitrogen and oxygen atoms in total. The van der Waals surface area contributed by atoms with Gasteiger partial charge in [0.25, 0.3) is 5.91 Å². The second kappa shape index (κ2) is 8.73. The maximum absolute atomic E-state index is 12.2. The lowest BCUT2D eigenvalue weighted by atomic mass is 10.2. The number of anilines is 1.